The van der Waals surface area contributed by atoms with Gasteiger partial charge in [-0.15, -0.1) is 0 Å². The number of hydrogen-bond acceptors (Lipinski definition) is 4. The molecular formula is C13H19N3O2. The van der Waals surface area contributed by atoms with E-state index in [1.165, 1.54) is 0 Å². The van der Waals surface area contributed by atoms with E-state index in [4.69, 9.17) is 5.11 Å². The molecule has 1 aliphatic heterocycles. The second-order valence-electron chi connectivity index (χ2n) is 4.64. The number of pyridine rings is 1. The van der Waals surface area contributed by atoms with Gasteiger partial charge in [0.25, 0.3) is 0 Å². The Kier molecular flexibility index (Phi) is 4.66. The van der Waals surface area contributed by atoms with E-state index in [0.717, 1.165) is 38.2 Å². The van der Waals surface area contributed by atoms with E-state index < -0.39 is 5.97 Å². The average Bonchev–Trinajstić information content (AvgIpc) is 2.56. The van der Waals surface area contributed by atoms with Gasteiger partial charge in [-0.1, -0.05) is 6.07 Å². The Balaban J connectivity index is 2.03. The monoisotopic (exact) mass is 249 g/mol. The van der Waals surface area contributed by atoms with Gasteiger partial charge in [-0.2, -0.15) is 0 Å². The summed E-state index contributed by atoms with van der Waals surface area (Å²) in [7, 11) is 0. The van der Waals surface area contributed by atoms with Crippen molar-refractivity contribution in [2.75, 3.05) is 19.6 Å². The summed E-state index contributed by atoms with van der Waals surface area (Å²) < 4.78 is 0. The third kappa shape index (κ3) is 3.78. The first kappa shape index (κ1) is 13.0. The normalized spacial score (nSPS) is 21.4. The molecule has 2 N–H and O–H groups in total. The number of aliphatic carboxylic acids is 1. The van der Waals surface area contributed by atoms with Crippen molar-refractivity contribution in [2.24, 2.45) is 0 Å². The Morgan fingerprint density at radius 1 is 1.61 bits per heavy atom. The zero-order valence-corrected chi connectivity index (χ0v) is 10.4. The van der Waals surface area contributed by atoms with Crippen molar-refractivity contribution in [3.63, 3.8) is 0 Å². The maximum absolute atomic E-state index is 10.9. The minimum Gasteiger partial charge on any atom is -0.481 e. The molecule has 1 atom stereocenters. The molecular weight excluding hydrogens is 230 g/mol. The quantitative estimate of drug-likeness (QED) is 0.823. The first-order chi connectivity index (χ1) is 8.75. The second kappa shape index (κ2) is 6.47. The number of carboxylic acids is 1. The minimum absolute atomic E-state index is 0.0604. The third-order valence-electron chi connectivity index (χ3n) is 3.21. The molecule has 18 heavy (non-hydrogen) atoms. The van der Waals surface area contributed by atoms with Gasteiger partial charge in [0.2, 0.25) is 0 Å². The highest BCUT2D eigenvalue weighted by atomic mass is 16.4. The summed E-state index contributed by atoms with van der Waals surface area (Å²) in [6, 6.07) is 4.01. The van der Waals surface area contributed by atoms with Gasteiger partial charge >= 0.3 is 5.97 Å². The molecule has 0 bridgehead atoms. The Hall–Kier alpha value is -1.46. The number of carboxylic acid groups (broad SMARTS) is 1. The van der Waals surface area contributed by atoms with Crippen molar-refractivity contribution in [1.29, 1.82) is 0 Å². The van der Waals surface area contributed by atoms with Crippen molar-refractivity contribution in [3.8, 4) is 0 Å². The molecule has 1 aromatic rings. The minimum atomic E-state index is -0.736. The number of aromatic nitrogens is 1. The lowest BCUT2D eigenvalue weighted by Gasteiger charge is -2.28. The van der Waals surface area contributed by atoms with Crippen LogP contribution in [0.25, 0.3) is 0 Å². The van der Waals surface area contributed by atoms with Crippen LogP contribution in [0.5, 0.6) is 0 Å². The van der Waals surface area contributed by atoms with E-state index in [1.54, 1.807) is 6.20 Å². The van der Waals surface area contributed by atoms with E-state index in [2.05, 4.69) is 15.2 Å². The van der Waals surface area contributed by atoms with Gasteiger partial charge in [0, 0.05) is 38.1 Å². The molecule has 98 valence electrons. The smallest absolute Gasteiger partial charge is 0.304 e. The average molecular weight is 249 g/mol. The van der Waals surface area contributed by atoms with Crippen LogP contribution in [0.15, 0.2) is 24.5 Å². The fourth-order valence-corrected chi connectivity index (χ4v) is 2.32. The van der Waals surface area contributed by atoms with Crippen LogP contribution < -0.4 is 5.32 Å². The van der Waals surface area contributed by atoms with Crippen LogP contribution in [0, 0.1) is 0 Å². The van der Waals surface area contributed by atoms with Gasteiger partial charge in [-0.3, -0.25) is 14.7 Å². The summed E-state index contributed by atoms with van der Waals surface area (Å²) in [6.07, 6.45) is 4.84. The summed E-state index contributed by atoms with van der Waals surface area (Å²) in [4.78, 5) is 17.3. The molecule has 2 heterocycles. The van der Waals surface area contributed by atoms with Crippen LogP contribution in [0.1, 0.15) is 18.4 Å². The Bertz CT molecular complexity index is 383. The molecule has 0 aromatic carbocycles. The van der Waals surface area contributed by atoms with Crippen molar-refractivity contribution in [1.82, 2.24) is 15.2 Å². The van der Waals surface area contributed by atoms with Crippen LogP contribution in [0.2, 0.25) is 0 Å². The van der Waals surface area contributed by atoms with E-state index in [-0.39, 0.29) is 12.5 Å². The SMILES string of the molecule is O=C(O)CC1CNCCCN1Cc1cccnc1. The van der Waals surface area contributed by atoms with Crippen molar-refractivity contribution in [2.45, 2.75) is 25.4 Å². The van der Waals surface area contributed by atoms with Gasteiger partial charge in [0.1, 0.15) is 0 Å². The maximum atomic E-state index is 10.9. The summed E-state index contributed by atoms with van der Waals surface area (Å²) in [5.74, 6) is -0.736. The van der Waals surface area contributed by atoms with E-state index in [0.29, 0.717) is 0 Å². The largest absolute Gasteiger partial charge is 0.481 e. The number of hydrogen-bond donors (Lipinski definition) is 2. The molecule has 0 radical (unpaired) electrons. The van der Waals surface area contributed by atoms with E-state index in [9.17, 15) is 4.79 Å². The third-order valence-corrected chi connectivity index (χ3v) is 3.21. The molecule has 1 unspecified atom stereocenters. The summed E-state index contributed by atoms with van der Waals surface area (Å²) in [6.45, 7) is 3.40. The van der Waals surface area contributed by atoms with Gasteiger partial charge < -0.3 is 10.4 Å². The molecule has 1 fully saturated rings. The summed E-state index contributed by atoms with van der Waals surface area (Å²) in [5, 5.41) is 12.3. The number of carbonyl (C=O) groups is 1. The predicted octanol–water partition coefficient (Wildman–Crippen LogP) is 0.720. The lowest BCUT2D eigenvalue weighted by Crippen LogP contribution is -2.40. The van der Waals surface area contributed by atoms with Crippen molar-refractivity contribution < 1.29 is 9.90 Å². The van der Waals surface area contributed by atoms with Crippen LogP contribution in [-0.4, -0.2) is 46.6 Å². The van der Waals surface area contributed by atoms with Gasteiger partial charge in [0.15, 0.2) is 0 Å². The van der Waals surface area contributed by atoms with Crippen molar-refractivity contribution >= 4 is 5.97 Å². The molecule has 1 aliphatic rings. The number of nitrogens with one attached hydrogen (secondary N) is 1. The van der Waals surface area contributed by atoms with Gasteiger partial charge in [-0.05, 0) is 24.6 Å². The highest BCUT2D eigenvalue weighted by molar-refractivity contribution is 5.67. The maximum Gasteiger partial charge on any atom is 0.304 e. The van der Waals surface area contributed by atoms with Crippen LogP contribution in [0.3, 0.4) is 0 Å². The molecule has 5 nitrogen and oxygen atoms in total. The first-order valence-corrected chi connectivity index (χ1v) is 6.31. The molecule has 0 amide bonds. The zero-order valence-electron chi connectivity index (χ0n) is 10.4. The molecule has 2 rings (SSSR count). The molecule has 1 aromatic heterocycles. The molecule has 1 saturated heterocycles. The fourth-order valence-electron chi connectivity index (χ4n) is 2.32. The first-order valence-electron chi connectivity index (χ1n) is 6.31. The number of rotatable bonds is 4. The molecule has 0 aliphatic carbocycles. The van der Waals surface area contributed by atoms with Crippen molar-refractivity contribution in [3.05, 3.63) is 30.1 Å². The standard InChI is InChI=1S/C13H19N3O2/c17-13(18)7-12-9-15-5-2-6-16(12)10-11-3-1-4-14-8-11/h1,3-4,8,12,15H,2,5-7,9-10H2,(H,17,18). The Labute approximate surface area is 107 Å². The molecule has 0 spiro atoms. The van der Waals surface area contributed by atoms with E-state index in [1.807, 2.05) is 18.3 Å². The zero-order chi connectivity index (χ0) is 12.8. The topological polar surface area (TPSA) is 65.5 Å². The van der Waals surface area contributed by atoms with Crippen LogP contribution in [0.4, 0.5) is 0 Å². The fraction of sp³-hybridized carbons (Fsp3) is 0.538. The second-order valence-corrected chi connectivity index (χ2v) is 4.64. The molecule has 5 heteroatoms. The lowest BCUT2D eigenvalue weighted by molar-refractivity contribution is -0.138. The van der Waals surface area contributed by atoms with Gasteiger partial charge in [-0.25, -0.2) is 0 Å². The van der Waals surface area contributed by atoms with Gasteiger partial charge in [0.05, 0.1) is 6.42 Å². The highest BCUT2D eigenvalue weighted by Crippen LogP contribution is 2.12. The summed E-state index contributed by atoms with van der Waals surface area (Å²) in [5.41, 5.74) is 1.13. The Morgan fingerprint density at radius 3 is 3.22 bits per heavy atom. The number of nitrogens with zero attached hydrogens (tertiary/aromatic N) is 2. The lowest BCUT2D eigenvalue weighted by atomic mass is 10.1. The van der Waals surface area contributed by atoms with Crippen LogP contribution >= 0.6 is 0 Å². The van der Waals surface area contributed by atoms with E-state index >= 15 is 0 Å². The predicted molar refractivity (Wildman–Crippen MR) is 68.2 cm³/mol. The Morgan fingerprint density at radius 2 is 2.50 bits per heavy atom. The highest BCUT2D eigenvalue weighted by Gasteiger charge is 2.23. The summed E-state index contributed by atoms with van der Waals surface area (Å²) >= 11 is 0. The molecule has 0 saturated carbocycles. The van der Waals surface area contributed by atoms with Crippen LogP contribution in [-0.2, 0) is 11.3 Å².